The van der Waals surface area contributed by atoms with Crippen molar-refractivity contribution in [3.63, 3.8) is 0 Å². The first-order chi connectivity index (χ1) is 14.2. The lowest BCUT2D eigenvalue weighted by atomic mass is 10.2. The van der Waals surface area contributed by atoms with Crippen molar-refractivity contribution >= 4 is 11.7 Å². The number of hydrogen-bond acceptors (Lipinski definition) is 8. The summed E-state index contributed by atoms with van der Waals surface area (Å²) in [6.07, 6.45) is 3.99. The topological polar surface area (TPSA) is 101 Å². The molecule has 9 heteroatoms. The highest BCUT2D eigenvalue weighted by atomic mass is 16.5. The van der Waals surface area contributed by atoms with Crippen LogP contribution in [0.2, 0.25) is 0 Å². The summed E-state index contributed by atoms with van der Waals surface area (Å²) in [6.45, 7) is 4.32. The van der Waals surface area contributed by atoms with E-state index in [1.807, 2.05) is 12.1 Å². The first-order valence-electron chi connectivity index (χ1n) is 9.69. The second-order valence-electron chi connectivity index (χ2n) is 7.04. The fourth-order valence-corrected chi connectivity index (χ4v) is 3.24. The molecule has 0 radical (unpaired) electrons. The summed E-state index contributed by atoms with van der Waals surface area (Å²) in [5, 5.41) is 6.84. The molecule has 29 heavy (non-hydrogen) atoms. The van der Waals surface area contributed by atoms with E-state index >= 15 is 0 Å². The van der Waals surface area contributed by atoms with Gasteiger partial charge in [-0.05, 0) is 25.2 Å². The number of carbonyl (C=O) groups is 1. The predicted molar refractivity (Wildman–Crippen MR) is 106 cm³/mol. The fraction of sp³-hybridized carbons (Fsp3) is 0.400. The van der Waals surface area contributed by atoms with Crippen LogP contribution in [0.3, 0.4) is 0 Å². The van der Waals surface area contributed by atoms with Crippen LogP contribution in [-0.4, -0.2) is 59.2 Å². The average molecular weight is 396 g/mol. The molecule has 1 amide bonds. The van der Waals surface area contributed by atoms with Gasteiger partial charge in [-0.2, -0.15) is 4.98 Å². The molecule has 9 nitrogen and oxygen atoms in total. The first kappa shape index (κ1) is 19.1. The molecule has 0 saturated carbocycles. The third kappa shape index (κ3) is 4.80. The normalized spacial score (nSPS) is 14.9. The Hall–Kier alpha value is -3.20. The summed E-state index contributed by atoms with van der Waals surface area (Å²) in [7, 11) is 2.12. The van der Waals surface area contributed by atoms with E-state index in [1.165, 1.54) is 0 Å². The van der Waals surface area contributed by atoms with E-state index in [9.17, 15) is 4.79 Å². The maximum Gasteiger partial charge on any atom is 0.238 e. The van der Waals surface area contributed by atoms with Crippen molar-refractivity contribution in [2.24, 2.45) is 0 Å². The Morgan fingerprint density at radius 1 is 1.21 bits per heavy atom. The van der Waals surface area contributed by atoms with E-state index in [2.05, 4.69) is 37.3 Å². The van der Waals surface area contributed by atoms with Crippen LogP contribution in [0.5, 0.6) is 0 Å². The summed E-state index contributed by atoms with van der Waals surface area (Å²) >= 11 is 0. The van der Waals surface area contributed by atoms with Crippen LogP contribution in [0.15, 0.2) is 45.7 Å². The number of nitrogens with zero attached hydrogens (tertiary/aromatic N) is 5. The van der Waals surface area contributed by atoms with Crippen LogP contribution in [0.4, 0.5) is 5.82 Å². The molecule has 1 N–H and O–H groups in total. The lowest BCUT2D eigenvalue weighted by Gasteiger charge is -2.34. The van der Waals surface area contributed by atoms with E-state index in [0.717, 1.165) is 37.6 Å². The predicted octanol–water partition coefficient (Wildman–Crippen LogP) is 1.73. The van der Waals surface area contributed by atoms with E-state index in [-0.39, 0.29) is 12.3 Å². The highest BCUT2D eigenvalue weighted by Crippen LogP contribution is 2.19. The van der Waals surface area contributed by atoms with Crippen molar-refractivity contribution in [1.29, 1.82) is 0 Å². The lowest BCUT2D eigenvalue weighted by molar-refractivity contribution is -0.121. The van der Waals surface area contributed by atoms with Crippen LogP contribution < -0.4 is 10.2 Å². The van der Waals surface area contributed by atoms with E-state index in [1.54, 1.807) is 24.6 Å². The number of furan rings is 1. The summed E-state index contributed by atoms with van der Waals surface area (Å²) < 4.78 is 10.4. The van der Waals surface area contributed by atoms with Gasteiger partial charge in [0.25, 0.3) is 0 Å². The summed E-state index contributed by atoms with van der Waals surface area (Å²) in [5.41, 5.74) is 1.02. The molecule has 152 valence electrons. The van der Waals surface area contributed by atoms with Gasteiger partial charge >= 0.3 is 0 Å². The van der Waals surface area contributed by atoms with Gasteiger partial charge in [0.05, 0.1) is 6.26 Å². The van der Waals surface area contributed by atoms with Gasteiger partial charge < -0.3 is 24.1 Å². The molecular weight excluding hydrogens is 372 g/mol. The number of carbonyl (C=O) groups excluding carboxylic acids is 1. The number of rotatable bonds is 7. The second-order valence-corrected chi connectivity index (χ2v) is 7.04. The Morgan fingerprint density at radius 2 is 2.07 bits per heavy atom. The fourth-order valence-electron chi connectivity index (χ4n) is 3.24. The largest absolute Gasteiger partial charge is 0.461 e. The van der Waals surface area contributed by atoms with Gasteiger partial charge in [0.15, 0.2) is 5.76 Å². The molecule has 1 aliphatic rings. The monoisotopic (exact) mass is 396 g/mol. The van der Waals surface area contributed by atoms with Gasteiger partial charge in [0.1, 0.15) is 5.82 Å². The number of hydrogen-bond donors (Lipinski definition) is 1. The van der Waals surface area contributed by atoms with Crippen LogP contribution >= 0.6 is 0 Å². The Labute approximate surface area is 168 Å². The molecule has 3 aromatic rings. The summed E-state index contributed by atoms with van der Waals surface area (Å²) in [5.74, 6) is 2.21. The van der Waals surface area contributed by atoms with Gasteiger partial charge in [0.2, 0.25) is 17.6 Å². The van der Waals surface area contributed by atoms with E-state index < -0.39 is 0 Å². The smallest absolute Gasteiger partial charge is 0.238 e. The van der Waals surface area contributed by atoms with Crippen molar-refractivity contribution in [2.45, 2.75) is 19.4 Å². The number of piperazine rings is 1. The molecule has 1 aliphatic heterocycles. The van der Waals surface area contributed by atoms with Crippen LogP contribution in [0.1, 0.15) is 17.9 Å². The van der Waals surface area contributed by atoms with E-state index in [0.29, 0.717) is 30.4 Å². The standard InChI is InChI=1S/C20H24N6O3/c1-25-9-11-26(12-10-25)20-15(4-2-8-21-20)14-22-17(27)6-7-18-23-19(24-29-18)16-5-3-13-28-16/h2-5,8,13H,6-7,9-12,14H2,1H3,(H,22,27). The molecule has 0 aromatic carbocycles. The minimum absolute atomic E-state index is 0.0732. The quantitative estimate of drug-likeness (QED) is 0.644. The van der Waals surface area contributed by atoms with Crippen molar-refractivity contribution < 1.29 is 13.7 Å². The van der Waals surface area contributed by atoms with Crippen molar-refractivity contribution in [3.8, 4) is 11.6 Å². The molecule has 0 spiro atoms. The number of pyridine rings is 1. The van der Waals surface area contributed by atoms with Crippen LogP contribution in [0.25, 0.3) is 11.6 Å². The van der Waals surface area contributed by atoms with Crippen LogP contribution in [0, 0.1) is 0 Å². The Balaban J connectivity index is 1.29. The van der Waals surface area contributed by atoms with Gasteiger partial charge in [-0.3, -0.25) is 4.79 Å². The summed E-state index contributed by atoms with van der Waals surface area (Å²) in [4.78, 5) is 25.7. The minimum Gasteiger partial charge on any atom is -0.461 e. The number of nitrogens with one attached hydrogen (secondary N) is 1. The third-order valence-electron chi connectivity index (χ3n) is 4.92. The van der Waals surface area contributed by atoms with Crippen molar-refractivity contribution in [1.82, 2.24) is 25.3 Å². The van der Waals surface area contributed by atoms with E-state index in [4.69, 9.17) is 8.94 Å². The van der Waals surface area contributed by atoms with Gasteiger partial charge in [-0.1, -0.05) is 11.2 Å². The average Bonchev–Trinajstić information content (AvgIpc) is 3.43. The molecular formula is C20H24N6O3. The molecule has 0 aliphatic carbocycles. The second kappa shape index (κ2) is 8.87. The molecule has 0 bridgehead atoms. The third-order valence-corrected chi connectivity index (χ3v) is 4.92. The number of anilines is 1. The highest BCUT2D eigenvalue weighted by molar-refractivity contribution is 5.76. The molecule has 1 fully saturated rings. The molecule has 3 aromatic heterocycles. The number of amides is 1. The van der Waals surface area contributed by atoms with Crippen LogP contribution in [-0.2, 0) is 17.8 Å². The Bertz CT molecular complexity index is 931. The van der Waals surface area contributed by atoms with Crippen molar-refractivity contribution in [2.75, 3.05) is 38.1 Å². The zero-order valence-corrected chi connectivity index (χ0v) is 16.4. The molecule has 1 saturated heterocycles. The summed E-state index contributed by atoms with van der Waals surface area (Å²) in [6, 6.07) is 7.42. The first-order valence-corrected chi connectivity index (χ1v) is 9.69. The minimum atomic E-state index is -0.0732. The Morgan fingerprint density at radius 3 is 2.86 bits per heavy atom. The maximum absolute atomic E-state index is 12.3. The zero-order chi connectivity index (χ0) is 20.1. The van der Waals surface area contributed by atoms with Gasteiger partial charge in [-0.15, -0.1) is 0 Å². The van der Waals surface area contributed by atoms with Crippen molar-refractivity contribution in [3.05, 3.63) is 48.2 Å². The number of aryl methyl sites for hydroxylation is 1. The maximum atomic E-state index is 12.3. The zero-order valence-electron chi connectivity index (χ0n) is 16.4. The Kier molecular flexibility index (Phi) is 5.85. The SMILES string of the molecule is CN1CCN(c2ncccc2CNC(=O)CCc2nc(-c3ccco3)no2)CC1. The molecule has 0 unspecified atom stereocenters. The van der Waals surface area contributed by atoms with Gasteiger partial charge in [-0.25, -0.2) is 4.98 Å². The van der Waals surface area contributed by atoms with Gasteiger partial charge in [0, 0.05) is 57.3 Å². The molecule has 0 atom stereocenters. The highest BCUT2D eigenvalue weighted by Gasteiger charge is 2.18. The number of aromatic nitrogens is 3. The lowest BCUT2D eigenvalue weighted by Crippen LogP contribution is -2.45. The molecule has 4 heterocycles. The molecule has 4 rings (SSSR count). The number of likely N-dealkylation sites (N-methyl/N-ethyl adjacent to an activating group) is 1.